The maximum absolute atomic E-state index is 13.1. The highest BCUT2D eigenvalue weighted by Crippen LogP contribution is 2.40. The van der Waals surface area contributed by atoms with Gasteiger partial charge in [-0.1, -0.05) is 0 Å². The lowest BCUT2D eigenvalue weighted by atomic mass is 10.0. The molecule has 0 aromatic carbocycles. The molecule has 0 radical (unpaired) electrons. The Morgan fingerprint density at radius 3 is 2.27 bits per heavy atom. The predicted molar refractivity (Wildman–Crippen MR) is 61.2 cm³/mol. The van der Waals surface area contributed by atoms with Gasteiger partial charge in [0.1, 0.15) is 0 Å². The number of pyridine rings is 1. The van der Waals surface area contributed by atoms with Crippen LogP contribution in [0.25, 0.3) is 0 Å². The van der Waals surface area contributed by atoms with Crippen LogP contribution in [0.15, 0.2) is 6.20 Å². The van der Waals surface area contributed by atoms with E-state index in [4.69, 9.17) is 11.6 Å². The molecule has 0 fully saturated rings. The van der Waals surface area contributed by atoms with Gasteiger partial charge in [0.2, 0.25) is 0 Å². The number of hydrogen-bond donors (Lipinski definition) is 0. The summed E-state index contributed by atoms with van der Waals surface area (Å²) in [6, 6.07) is 0. The molecule has 0 saturated carbocycles. The highest BCUT2D eigenvalue weighted by Gasteiger charge is 2.41. The average molecular weight is 352 g/mol. The van der Waals surface area contributed by atoms with Crippen molar-refractivity contribution in [2.75, 3.05) is 7.11 Å². The van der Waals surface area contributed by atoms with Crippen molar-refractivity contribution in [1.82, 2.24) is 4.98 Å². The van der Waals surface area contributed by atoms with E-state index in [0.29, 0.717) is 6.20 Å². The summed E-state index contributed by atoms with van der Waals surface area (Å²) < 4.78 is 83.5. The number of rotatable bonds is 4. The third-order valence-electron chi connectivity index (χ3n) is 2.41. The molecular formula is C11H8ClF6NO3. The first-order chi connectivity index (χ1) is 9.99. The topological polar surface area (TPSA) is 48.4 Å². The van der Waals surface area contributed by atoms with Gasteiger partial charge in [0.25, 0.3) is 0 Å². The van der Waals surface area contributed by atoms with Crippen LogP contribution in [-0.4, -0.2) is 24.4 Å². The lowest BCUT2D eigenvalue weighted by molar-refractivity contribution is -0.275. The molecule has 1 aromatic heterocycles. The largest absolute Gasteiger partial charge is 0.573 e. The molecule has 0 aliphatic heterocycles. The van der Waals surface area contributed by atoms with Crippen LogP contribution in [0.1, 0.15) is 16.8 Å². The number of ether oxygens (including phenoxy) is 2. The van der Waals surface area contributed by atoms with Crippen LogP contribution in [0.5, 0.6) is 5.75 Å². The van der Waals surface area contributed by atoms with Crippen LogP contribution in [0, 0.1) is 0 Å². The van der Waals surface area contributed by atoms with Crippen molar-refractivity contribution in [1.29, 1.82) is 0 Å². The standard InChI is InChI=1S/C11H8ClF6NO3/c1-21-8(20)2-6-9(10(13,14)15)5(3-12)7(4-19-6)22-11(16,17)18/h4H,2-3H2,1H3. The number of hydrogen-bond acceptors (Lipinski definition) is 4. The second kappa shape index (κ2) is 6.59. The van der Waals surface area contributed by atoms with Gasteiger partial charge in [0.05, 0.1) is 36.9 Å². The van der Waals surface area contributed by atoms with Crippen LogP contribution in [0.3, 0.4) is 0 Å². The zero-order chi connectivity index (χ0) is 17.1. The Balaban J connectivity index is 3.47. The second-order valence-corrected chi connectivity index (χ2v) is 4.12. The predicted octanol–water partition coefficient (Wildman–Crippen LogP) is 3.45. The van der Waals surface area contributed by atoms with Gasteiger partial charge in [-0.15, -0.1) is 24.8 Å². The van der Waals surface area contributed by atoms with Crippen molar-refractivity contribution < 1.29 is 40.6 Å². The average Bonchev–Trinajstić information content (AvgIpc) is 2.36. The minimum absolute atomic E-state index is 0.429. The maximum Gasteiger partial charge on any atom is 0.573 e. The number of aromatic nitrogens is 1. The Morgan fingerprint density at radius 1 is 1.27 bits per heavy atom. The highest BCUT2D eigenvalue weighted by molar-refractivity contribution is 6.17. The Labute approximate surface area is 125 Å². The smallest absolute Gasteiger partial charge is 0.469 e. The highest BCUT2D eigenvalue weighted by atomic mass is 35.5. The molecule has 0 N–H and O–H groups in total. The Hall–Kier alpha value is -1.71. The molecule has 0 spiro atoms. The van der Waals surface area contributed by atoms with Gasteiger partial charge in [0, 0.05) is 5.56 Å². The molecule has 0 bridgehead atoms. The number of nitrogens with zero attached hydrogens (tertiary/aromatic N) is 1. The SMILES string of the molecule is COC(=O)Cc1ncc(OC(F)(F)F)c(CCl)c1C(F)(F)F. The molecule has 0 atom stereocenters. The van der Waals surface area contributed by atoms with Crippen LogP contribution < -0.4 is 4.74 Å². The van der Waals surface area contributed by atoms with E-state index >= 15 is 0 Å². The number of carbonyl (C=O) groups excluding carboxylic acids is 1. The van der Waals surface area contributed by atoms with E-state index in [0.717, 1.165) is 7.11 Å². The molecule has 22 heavy (non-hydrogen) atoms. The monoisotopic (exact) mass is 351 g/mol. The third-order valence-corrected chi connectivity index (χ3v) is 2.67. The van der Waals surface area contributed by atoms with Gasteiger partial charge in [-0.3, -0.25) is 9.78 Å². The van der Waals surface area contributed by atoms with Gasteiger partial charge in [-0.05, 0) is 0 Å². The number of carbonyl (C=O) groups is 1. The van der Waals surface area contributed by atoms with Crippen LogP contribution in [-0.2, 0) is 28.0 Å². The summed E-state index contributed by atoms with van der Waals surface area (Å²) in [7, 11) is 0.944. The van der Waals surface area contributed by atoms with Crippen molar-refractivity contribution in [2.24, 2.45) is 0 Å². The van der Waals surface area contributed by atoms with E-state index in [1.54, 1.807) is 0 Å². The van der Waals surface area contributed by atoms with Crippen molar-refractivity contribution >= 4 is 17.6 Å². The molecule has 1 heterocycles. The van der Waals surface area contributed by atoms with Crippen molar-refractivity contribution in [3.63, 3.8) is 0 Å². The fourth-order valence-corrected chi connectivity index (χ4v) is 1.86. The summed E-state index contributed by atoms with van der Waals surface area (Å²) in [5, 5.41) is 0. The summed E-state index contributed by atoms with van der Waals surface area (Å²) in [5.41, 5.74) is -3.31. The van der Waals surface area contributed by atoms with E-state index in [-0.39, 0.29) is 0 Å². The number of esters is 1. The molecule has 4 nitrogen and oxygen atoms in total. The molecular weight excluding hydrogens is 344 g/mol. The Kier molecular flexibility index (Phi) is 5.49. The van der Waals surface area contributed by atoms with Gasteiger partial charge >= 0.3 is 18.5 Å². The zero-order valence-electron chi connectivity index (χ0n) is 10.8. The Bertz CT molecular complexity index is 558. The first-order valence-electron chi connectivity index (χ1n) is 5.46. The van der Waals surface area contributed by atoms with E-state index in [9.17, 15) is 31.1 Å². The molecule has 1 rings (SSSR count). The molecule has 0 aliphatic rings. The van der Waals surface area contributed by atoms with E-state index in [1.807, 2.05) is 0 Å². The van der Waals surface area contributed by atoms with Gasteiger partial charge in [-0.2, -0.15) is 13.2 Å². The fraction of sp³-hybridized carbons (Fsp3) is 0.455. The first kappa shape index (κ1) is 18.3. The molecule has 0 unspecified atom stereocenters. The molecule has 1 aromatic rings. The fourth-order valence-electron chi connectivity index (χ4n) is 1.60. The van der Waals surface area contributed by atoms with E-state index < -0.39 is 53.4 Å². The molecule has 124 valence electrons. The summed E-state index contributed by atoms with van der Waals surface area (Å²) in [6.45, 7) is 0. The molecule has 0 saturated heterocycles. The van der Waals surface area contributed by atoms with Crippen LogP contribution >= 0.6 is 11.6 Å². The quantitative estimate of drug-likeness (QED) is 0.473. The molecule has 0 aliphatic carbocycles. The van der Waals surface area contributed by atoms with Gasteiger partial charge < -0.3 is 9.47 Å². The van der Waals surface area contributed by atoms with Gasteiger partial charge in [0.15, 0.2) is 5.75 Å². The second-order valence-electron chi connectivity index (χ2n) is 3.85. The van der Waals surface area contributed by atoms with Crippen LogP contribution in [0.2, 0.25) is 0 Å². The lowest BCUT2D eigenvalue weighted by Crippen LogP contribution is -2.22. The number of methoxy groups -OCH3 is 1. The minimum atomic E-state index is -5.21. The summed E-state index contributed by atoms with van der Waals surface area (Å²) in [5.74, 6) is -3.14. The van der Waals surface area contributed by atoms with Crippen molar-refractivity contribution in [3.8, 4) is 5.75 Å². The number of alkyl halides is 7. The van der Waals surface area contributed by atoms with E-state index in [1.165, 1.54) is 0 Å². The molecule has 11 heteroatoms. The normalized spacial score (nSPS) is 12.2. The summed E-state index contributed by atoms with van der Waals surface area (Å²) >= 11 is 5.32. The molecule has 0 amide bonds. The zero-order valence-corrected chi connectivity index (χ0v) is 11.6. The van der Waals surface area contributed by atoms with Crippen molar-refractivity contribution in [3.05, 3.63) is 23.0 Å². The van der Waals surface area contributed by atoms with E-state index in [2.05, 4.69) is 14.5 Å². The summed E-state index contributed by atoms with van der Waals surface area (Å²) in [6.07, 6.45) is -10.7. The maximum atomic E-state index is 13.1. The minimum Gasteiger partial charge on any atom is -0.469 e. The van der Waals surface area contributed by atoms with Crippen LogP contribution in [0.4, 0.5) is 26.3 Å². The lowest BCUT2D eigenvalue weighted by Gasteiger charge is -2.19. The summed E-state index contributed by atoms with van der Waals surface area (Å²) in [4.78, 5) is 14.3. The Morgan fingerprint density at radius 2 is 1.86 bits per heavy atom. The first-order valence-corrected chi connectivity index (χ1v) is 5.99. The van der Waals surface area contributed by atoms with Crippen molar-refractivity contribution in [2.45, 2.75) is 24.8 Å². The third kappa shape index (κ3) is 4.65. The van der Waals surface area contributed by atoms with Gasteiger partial charge in [-0.25, -0.2) is 0 Å². The number of halogens is 7.